The molecule has 0 atom stereocenters. The molecule has 0 aliphatic rings. The molecule has 2 aromatic carbocycles. The van der Waals surface area contributed by atoms with E-state index in [1.165, 1.54) is 6.07 Å². The predicted octanol–water partition coefficient (Wildman–Crippen LogP) is 3.38. The molecule has 0 aliphatic heterocycles. The van der Waals surface area contributed by atoms with E-state index in [4.69, 9.17) is 9.15 Å². The average Bonchev–Trinajstić information content (AvgIpc) is 3.23. The van der Waals surface area contributed by atoms with Crippen molar-refractivity contribution >= 4 is 23.4 Å². The number of nitrogens with zero attached hydrogens (tertiary/aromatic N) is 1. The third-order valence-electron chi connectivity index (χ3n) is 4.00. The summed E-state index contributed by atoms with van der Waals surface area (Å²) in [5, 5.41) is 16.0. The van der Waals surface area contributed by atoms with Gasteiger partial charge in [0.1, 0.15) is 10.7 Å². The zero-order valence-corrected chi connectivity index (χ0v) is 15.4. The Labute approximate surface area is 165 Å². The van der Waals surface area contributed by atoms with Crippen LogP contribution in [-0.2, 0) is 6.54 Å². The number of hydrogen-bond donors (Lipinski definition) is 2. The van der Waals surface area contributed by atoms with Gasteiger partial charge in [-0.1, -0.05) is 24.3 Å². The highest BCUT2D eigenvalue weighted by molar-refractivity contribution is 6.07. The Morgan fingerprint density at radius 1 is 1.07 bits per heavy atom. The topological polar surface area (TPSA) is 124 Å². The van der Waals surface area contributed by atoms with Crippen LogP contribution in [0.15, 0.2) is 65.1 Å². The van der Waals surface area contributed by atoms with Crippen LogP contribution in [0.4, 0.5) is 11.6 Å². The van der Waals surface area contributed by atoms with Crippen molar-refractivity contribution in [2.24, 2.45) is 0 Å². The fourth-order valence-electron chi connectivity index (χ4n) is 2.58. The molecule has 9 nitrogen and oxygen atoms in total. The predicted molar refractivity (Wildman–Crippen MR) is 104 cm³/mol. The summed E-state index contributed by atoms with van der Waals surface area (Å²) >= 11 is 0. The Kier molecular flexibility index (Phi) is 5.88. The van der Waals surface area contributed by atoms with Crippen molar-refractivity contribution in [2.75, 3.05) is 12.4 Å². The van der Waals surface area contributed by atoms with Gasteiger partial charge in [0, 0.05) is 6.54 Å². The summed E-state index contributed by atoms with van der Waals surface area (Å²) in [7, 11) is 1.56. The maximum absolute atomic E-state index is 12.6. The van der Waals surface area contributed by atoms with Crippen molar-refractivity contribution in [3.05, 3.63) is 87.7 Å². The summed E-state index contributed by atoms with van der Waals surface area (Å²) < 4.78 is 10.0. The van der Waals surface area contributed by atoms with E-state index in [1.54, 1.807) is 43.5 Å². The second-order valence-electron chi connectivity index (χ2n) is 5.93. The molecule has 2 amide bonds. The second kappa shape index (κ2) is 8.70. The first-order valence-electron chi connectivity index (χ1n) is 8.53. The number of rotatable bonds is 7. The largest absolute Gasteiger partial charge is 0.497 e. The molecule has 0 saturated carbocycles. The van der Waals surface area contributed by atoms with Crippen LogP contribution in [-0.4, -0.2) is 23.8 Å². The summed E-state index contributed by atoms with van der Waals surface area (Å²) in [5.74, 6) is -1.19. The Balaban J connectivity index is 1.71. The molecule has 0 unspecified atom stereocenters. The molecule has 0 spiro atoms. The number of ether oxygens (including phenoxy) is 1. The molecule has 0 radical (unpaired) electrons. The van der Waals surface area contributed by atoms with Crippen molar-refractivity contribution in [3.63, 3.8) is 0 Å². The number of hydrogen-bond acceptors (Lipinski definition) is 6. The molecule has 148 valence electrons. The molecule has 2 N–H and O–H groups in total. The van der Waals surface area contributed by atoms with E-state index in [1.807, 2.05) is 12.1 Å². The van der Waals surface area contributed by atoms with E-state index in [9.17, 15) is 19.7 Å². The maximum Gasteiger partial charge on any atom is 0.433 e. The minimum Gasteiger partial charge on any atom is -0.497 e. The van der Waals surface area contributed by atoms with Crippen LogP contribution in [0.5, 0.6) is 5.75 Å². The number of amides is 2. The Bertz CT molecular complexity index is 1060. The summed E-state index contributed by atoms with van der Waals surface area (Å²) in [6.07, 6.45) is 0. The van der Waals surface area contributed by atoms with E-state index in [-0.39, 0.29) is 23.6 Å². The summed E-state index contributed by atoms with van der Waals surface area (Å²) in [6, 6.07) is 16.0. The third kappa shape index (κ3) is 4.78. The molecule has 9 heteroatoms. The molecule has 1 aromatic heterocycles. The summed E-state index contributed by atoms with van der Waals surface area (Å²) in [6.45, 7) is 0.267. The smallest absolute Gasteiger partial charge is 0.433 e. The zero-order chi connectivity index (χ0) is 20.8. The monoisotopic (exact) mass is 395 g/mol. The molecule has 3 rings (SSSR count). The van der Waals surface area contributed by atoms with Gasteiger partial charge in [-0.05, 0) is 35.9 Å². The second-order valence-corrected chi connectivity index (χ2v) is 5.93. The highest BCUT2D eigenvalue weighted by Gasteiger charge is 2.19. The lowest BCUT2D eigenvalue weighted by Crippen LogP contribution is -2.24. The van der Waals surface area contributed by atoms with Crippen LogP contribution >= 0.6 is 0 Å². The number of furan rings is 1. The minimum absolute atomic E-state index is 0.233. The van der Waals surface area contributed by atoms with E-state index in [0.29, 0.717) is 5.75 Å². The zero-order valence-electron chi connectivity index (χ0n) is 15.4. The number of anilines is 1. The van der Waals surface area contributed by atoms with Crippen molar-refractivity contribution in [1.82, 2.24) is 5.32 Å². The van der Waals surface area contributed by atoms with E-state index < -0.39 is 22.6 Å². The van der Waals surface area contributed by atoms with Gasteiger partial charge in [0.15, 0.2) is 5.76 Å². The first kappa shape index (κ1) is 19.6. The van der Waals surface area contributed by atoms with Gasteiger partial charge in [-0.25, -0.2) is 0 Å². The number of methoxy groups -OCH3 is 1. The molecule has 0 aliphatic carbocycles. The van der Waals surface area contributed by atoms with Crippen molar-refractivity contribution in [1.29, 1.82) is 0 Å². The molecular formula is C20H17N3O6. The summed E-state index contributed by atoms with van der Waals surface area (Å²) in [5.41, 5.74) is 1.34. The Morgan fingerprint density at radius 2 is 1.86 bits per heavy atom. The van der Waals surface area contributed by atoms with Gasteiger partial charge in [0.2, 0.25) is 0 Å². The van der Waals surface area contributed by atoms with Crippen LogP contribution in [0.25, 0.3) is 0 Å². The van der Waals surface area contributed by atoms with E-state index >= 15 is 0 Å². The molecule has 3 aromatic rings. The fourth-order valence-corrected chi connectivity index (χ4v) is 2.58. The number of para-hydroxylation sites is 1. The molecule has 29 heavy (non-hydrogen) atoms. The molecule has 0 bridgehead atoms. The van der Waals surface area contributed by atoms with Gasteiger partial charge in [0.05, 0.1) is 24.4 Å². The average molecular weight is 395 g/mol. The molecule has 0 saturated heterocycles. The van der Waals surface area contributed by atoms with Gasteiger partial charge < -0.3 is 19.8 Å². The maximum atomic E-state index is 12.6. The standard InChI is InChI=1S/C20H17N3O6/c1-28-14-6-4-5-13(11-14)12-21-19(24)15-7-2-3-8-16(15)22-20(25)17-9-10-18(29-17)23(26)27/h2-11H,12H2,1H3,(H,21,24)(H,22,25). The minimum atomic E-state index is -0.739. The number of nitro groups is 1. The quantitative estimate of drug-likeness (QED) is 0.467. The Hall–Kier alpha value is -4.14. The summed E-state index contributed by atoms with van der Waals surface area (Å²) in [4.78, 5) is 34.8. The van der Waals surface area contributed by atoms with Gasteiger partial charge in [-0.2, -0.15) is 0 Å². The lowest BCUT2D eigenvalue weighted by molar-refractivity contribution is -0.402. The van der Waals surface area contributed by atoms with Gasteiger partial charge in [-0.3, -0.25) is 19.7 Å². The lowest BCUT2D eigenvalue weighted by atomic mass is 10.1. The van der Waals surface area contributed by atoms with Crippen LogP contribution in [0.3, 0.4) is 0 Å². The highest BCUT2D eigenvalue weighted by atomic mass is 16.6. The highest BCUT2D eigenvalue weighted by Crippen LogP contribution is 2.20. The molecule has 0 fully saturated rings. The number of nitrogens with one attached hydrogen (secondary N) is 2. The van der Waals surface area contributed by atoms with Crippen molar-refractivity contribution in [3.8, 4) is 5.75 Å². The SMILES string of the molecule is COc1cccc(CNC(=O)c2ccccc2NC(=O)c2ccc([N+](=O)[O-])o2)c1. The van der Waals surface area contributed by atoms with Crippen molar-refractivity contribution in [2.45, 2.75) is 6.54 Å². The number of benzene rings is 2. The first-order chi connectivity index (χ1) is 14.0. The van der Waals surface area contributed by atoms with Gasteiger partial charge >= 0.3 is 5.88 Å². The number of carbonyl (C=O) groups excluding carboxylic acids is 2. The van der Waals surface area contributed by atoms with Crippen LogP contribution < -0.4 is 15.4 Å². The van der Waals surface area contributed by atoms with Crippen molar-refractivity contribution < 1.29 is 23.7 Å². The fraction of sp³-hybridized carbons (Fsp3) is 0.100. The Morgan fingerprint density at radius 3 is 2.59 bits per heavy atom. The molecule has 1 heterocycles. The van der Waals surface area contributed by atoms with Crippen LogP contribution in [0.1, 0.15) is 26.5 Å². The van der Waals surface area contributed by atoms with Gasteiger partial charge in [0.25, 0.3) is 11.8 Å². The van der Waals surface area contributed by atoms with Crippen LogP contribution in [0, 0.1) is 10.1 Å². The third-order valence-corrected chi connectivity index (χ3v) is 4.00. The first-order valence-corrected chi connectivity index (χ1v) is 8.53. The normalized spacial score (nSPS) is 10.2. The van der Waals surface area contributed by atoms with Crippen LogP contribution in [0.2, 0.25) is 0 Å². The lowest BCUT2D eigenvalue weighted by Gasteiger charge is -2.11. The van der Waals surface area contributed by atoms with Gasteiger partial charge in [-0.15, -0.1) is 0 Å². The van der Waals surface area contributed by atoms with E-state index in [2.05, 4.69) is 10.6 Å². The van der Waals surface area contributed by atoms with E-state index in [0.717, 1.165) is 11.6 Å². The number of carbonyl (C=O) groups is 2. The molecular weight excluding hydrogens is 378 g/mol.